The largest absolute Gasteiger partial charge is 0.467 e. The molecule has 0 radical (unpaired) electrons. The maximum absolute atomic E-state index is 5.46. The van der Waals surface area contributed by atoms with Gasteiger partial charge in [0.25, 0.3) is 0 Å². The van der Waals surface area contributed by atoms with E-state index >= 15 is 0 Å². The van der Waals surface area contributed by atoms with Crippen LogP contribution in [0, 0.1) is 0 Å². The van der Waals surface area contributed by atoms with Gasteiger partial charge in [-0.2, -0.15) is 5.10 Å². The van der Waals surface area contributed by atoms with Crippen LogP contribution in [0.3, 0.4) is 0 Å². The molecule has 0 bridgehead atoms. The van der Waals surface area contributed by atoms with Gasteiger partial charge in [0.05, 0.1) is 29.2 Å². The minimum atomic E-state index is -0.106. The van der Waals surface area contributed by atoms with Crippen molar-refractivity contribution in [1.29, 1.82) is 0 Å². The zero-order chi connectivity index (χ0) is 18.1. The lowest BCUT2D eigenvalue weighted by Crippen LogP contribution is -2.22. The predicted molar refractivity (Wildman–Crippen MR) is 106 cm³/mol. The van der Waals surface area contributed by atoms with Gasteiger partial charge in [0.15, 0.2) is 0 Å². The summed E-state index contributed by atoms with van der Waals surface area (Å²) in [5, 5.41) is 9.65. The summed E-state index contributed by atoms with van der Waals surface area (Å²) < 4.78 is 7.57. The number of aromatic nitrogens is 2. The van der Waals surface area contributed by atoms with Gasteiger partial charge < -0.3 is 9.73 Å². The third-order valence-electron chi connectivity index (χ3n) is 4.42. The van der Waals surface area contributed by atoms with E-state index in [4.69, 9.17) is 9.52 Å². The van der Waals surface area contributed by atoms with Gasteiger partial charge in [0, 0.05) is 11.3 Å². The van der Waals surface area contributed by atoms with Crippen LogP contribution in [0.15, 0.2) is 71.3 Å². The monoisotopic (exact) mass is 345 g/mol. The van der Waals surface area contributed by atoms with Crippen molar-refractivity contribution >= 4 is 16.6 Å². The van der Waals surface area contributed by atoms with Gasteiger partial charge in [-0.15, -0.1) is 0 Å². The van der Waals surface area contributed by atoms with Crippen LogP contribution in [-0.4, -0.2) is 9.78 Å². The minimum Gasteiger partial charge on any atom is -0.467 e. The summed E-state index contributed by atoms with van der Waals surface area (Å²) in [6.45, 7) is 7.17. The Morgan fingerprint density at radius 1 is 0.962 bits per heavy atom. The molecule has 0 saturated carbocycles. The fourth-order valence-corrected chi connectivity index (χ4v) is 3.22. The molecule has 1 N–H and O–H groups in total. The number of benzene rings is 2. The quantitative estimate of drug-likeness (QED) is 0.519. The van der Waals surface area contributed by atoms with Crippen LogP contribution in [0.25, 0.3) is 22.2 Å². The van der Waals surface area contributed by atoms with Crippen molar-refractivity contribution in [3.8, 4) is 11.3 Å². The predicted octanol–water partition coefficient (Wildman–Crippen LogP) is 5.66. The molecule has 0 unspecified atom stereocenters. The Hall–Kier alpha value is -3.01. The van der Waals surface area contributed by atoms with E-state index in [1.165, 1.54) is 0 Å². The summed E-state index contributed by atoms with van der Waals surface area (Å²) >= 11 is 0. The Kier molecular flexibility index (Phi) is 4.03. The second-order valence-corrected chi connectivity index (χ2v) is 7.43. The topological polar surface area (TPSA) is 43.0 Å². The average molecular weight is 345 g/mol. The average Bonchev–Trinajstić information content (AvgIpc) is 3.28. The number of nitrogens with one attached hydrogen (secondary N) is 1. The molecular formula is C22H23N3O. The van der Waals surface area contributed by atoms with Gasteiger partial charge in [-0.25, -0.2) is 0 Å². The molecule has 0 atom stereocenters. The van der Waals surface area contributed by atoms with Crippen LogP contribution in [0.1, 0.15) is 26.5 Å². The first-order valence-corrected chi connectivity index (χ1v) is 8.88. The molecule has 2 aromatic heterocycles. The molecule has 0 saturated heterocycles. The van der Waals surface area contributed by atoms with E-state index in [-0.39, 0.29) is 5.54 Å². The van der Waals surface area contributed by atoms with Gasteiger partial charge in [-0.3, -0.25) is 4.68 Å². The number of rotatable bonds is 4. The first-order chi connectivity index (χ1) is 12.5. The van der Waals surface area contributed by atoms with Crippen molar-refractivity contribution in [2.75, 3.05) is 5.32 Å². The highest BCUT2D eigenvalue weighted by atomic mass is 16.3. The van der Waals surface area contributed by atoms with Crippen LogP contribution < -0.4 is 5.32 Å². The van der Waals surface area contributed by atoms with E-state index < -0.39 is 0 Å². The lowest BCUT2D eigenvalue weighted by Gasteiger charge is -2.20. The molecule has 2 aromatic carbocycles. The number of hydrogen-bond acceptors (Lipinski definition) is 3. The highest BCUT2D eigenvalue weighted by molar-refractivity contribution is 6.02. The summed E-state index contributed by atoms with van der Waals surface area (Å²) in [6, 6.07) is 20.6. The normalized spacial score (nSPS) is 11.8. The molecular weight excluding hydrogens is 322 g/mol. The maximum Gasteiger partial charge on any atom is 0.122 e. The van der Waals surface area contributed by atoms with Crippen LogP contribution in [0.5, 0.6) is 0 Å². The molecule has 0 aliphatic heterocycles. The lowest BCUT2D eigenvalue weighted by molar-refractivity contribution is 0.369. The van der Waals surface area contributed by atoms with Crippen LogP contribution in [0.4, 0.5) is 5.69 Å². The van der Waals surface area contributed by atoms with Crippen LogP contribution >= 0.6 is 0 Å². The second-order valence-electron chi connectivity index (χ2n) is 7.43. The van der Waals surface area contributed by atoms with Crippen molar-refractivity contribution in [3.63, 3.8) is 0 Å². The molecule has 132 valence electrons. The number of nitrogens with zero attached hydrogens (tertiary/aromatic N) is 2. The number of furan rings is 1. The summed E-state index contributed by atoms with van der Waals surface area (Å²) in [6.07, 6.45) is 1.70. The fraction of sp³-hybridized carbons (Fsp3) is 0.227. The van der Waals surface area contributed by atoms with Gasteiger partial charge in [-0.1, -0.05) is 36.4 Å². The molecule has 0 aliphatic carbocycles. The van der Waals surface area contributed by atoms with E-state index in [0.717, 1.165) is 33.6 Å². The first kappa shape index (κ1) is 16.5. The standard InChI is InChI=1S/C22H23N3O/c1-22(2,3)25-19-13-7-12-18(23-15-17-11-8-14-26-17)20(19)21(24-25)16-9-5-4-6-10-16/h4-14,23H,15H2,1-3H3. The van der Waals surface area contributed by atoms with Gasteiger partial charge in [0.1, 0.15) is 11.5 Å². The molecule has 4 nitrogen and oxygen atoms in total. The zero-order valence-corrected chi connectivity index (χ0v) is 15.4. The third-order valence-corrected chi connectivity index (χ3v) is 4.42. The van der Waals surface area contributed by atoms with Crippen molar-refractivity contribution in [3.05, 3.63) is 72.7 Å². The van der Waals surface area contributed by atoms with E-state index in [1.54, 1.807) is 6.26 Å². The Morgan fingerprint density at radius 2 is 1.77 bits per heavy atom. The Bertz CT molecular complexity index is 1010. The summed E-state index contributed by atoms with van der Waals surface area (Å²) in [7, 11) is 0. The summed E-state index contributed by atoms with van der Waals surface area (Å²) in [4.78, 5) is 0. The van der Waals surface area contributed by atoms with E-state index in [0.29, 0.717) is 6.54 Å². The van der Waals surface area contributed by atoms with Gasteiger partial charge in [-0.05, 0) is 45.0 Å². The Balaban J connectivity index is 1.88. The first-order valence-electron chi connectivity index (χ1n) is 8.88. The van der Waals surface area contributed by atoms with Crippen molar-refractivity contribution in [2.24, 2.45) is 0 Å². The minimum absolute atomic E-state index is 0.106. The highest BCUT2D eigenvalue weighted by Crippen LogP contribution is 2.36. The molecule has 4 rings (SSSR count). The van der Waals surface area contributed by atoms with E-state index in [1.807, 2.05) is 18.2 Å². The Labute approximate surface area is 153 Å². The van der Waals surface area contributed by atoms with Crippen LogP contribution in [0.2, 0.25) is 0 Å². The number of anilines is 1. The smallest absolute Gasteiger partial charge is 0.122 e. The van der Waals surface area contributed by atoms with Gasteiger partial charge in [0.2, 0.25) is 0 Å². The molecule has 0 spiro atoms. The molecule has 2 heterocycles. The molecule has 26 heavy (non-hydrogen) atoms. The van der Waals surface area contributed by atoms with Gasteiger partial charge >= 0.3 is 0 Å². The van der Waals surface area contributed by atoms with Crippen molar-refractivity contribution < 1.29 is 4.42 Å². The van der Waals surface area contributed by atoms with Crippen molar-refractivity contribution in [2.45, 2.75) is 32.9 Å². The zero-order valence-electron chi connectivity index (χ0n) is 15.4. The van der Waals surface area contributed by atoms with E-state index in [2.05, 4.69) is 73.2 Å². The maximum atomic E-state index is 5.46. The summed E-state index contributed by atoms with van der Waals surface area (Å²) in [5.74, 6) is 0.909. The SMILES string of the molecule is CC(C)(C)n1nc(-c2ccccc2)c2c(NCc3ccco3)cccc21. The Morgan fingerprint density at radius 3 is 2.46 bits per heavy atom. The van der Waals surface area contributed by atoms with Crippen molar-refractivity contribution in [1.82, 2.24) is 9.78 Å². The third kappa shape index (κ3) is 2.99. The lowest BCUT2D eigenvalue weighted by atomic mass is 10.1. The fourth-order valence-electron chi connectivity index (χ4n) is 3.22. The molecule has 0 aliphatic rings. The molecule has 4 heteroatoms. The number of fused-ring (bicyclic) bond motifs is 1. The second kappa shape index (κ2) is 6.37. The van der Waals surface area contributed by atoms with E-state index in [9.17, 15) is 0 Å². The number of hydrogen-bond donors (Lipinski definition) is 1. The highest BCUT2D eigenvalue weighted by Gasteiger charge is 2.22. The van der Waals surface area contributed by atoms with Crippen LogP contribution in [-0.2, 0) is 12.1 Å². The molecule has 4 aromatic rings. The summed E-state index contributed by atoms with van der Waals surface area (Å²) in [5.41, 5.74) is 4.20. The molecule has 0 amide bonds. The molecule has 0 fully saturated rings.